The second-order valence-corrected chi connectivity index (χ2v) is 3.82. The predicted molar refractivity (Wildman–Crippen MR) is 55.9 cm³/mol. The SMILES string of the molecule is CCCS(=O)(=O)O.CCNCC.N. The molecule has 0 aromatic rings. The van der Waals surface area contributed by atoms with E-state index < -0.39 is 10.1 Å². The molecule has 0 aliphatic heterocycles. The highest BCUT2D eigenvalue weighted by Crippen LogP contribution is 1.83. The normalized spacial score (nSPS) is 9.54. The van der Waals surface area contributed by atoms with Gasteiger partial charge in [0.1, 0.15) is 0 Å². The van der Waals surface area contributed by atoms with Crippen LogP contribution in [0, 0.1) is 0 Å². The van der Waals surface area contributed by atoms with E-state index in [1.54, 1.807) is 6.92 Å². The van der Waals surface area contributed by atoms with Crippen LogP contribution in [-0.2, 0) is 10.1 Å². The molecule has 0 spiro atoms. The van der Waals surface area contributed by atoms with E-state index in [2.05, 4.69) is 19.2 Å². The fourth-order valence-electron chi connectivity index (χ4n) is 0.508. The number of rotatable bonds is 4. The Kier molecular flexibility index (Phi) is 16.9. The van der Waals surface area contributed by atoms with E-state index >= 15 is 0 Å². The second kappa shape index (κ2) is 11.8. The molecule has 5 N–H and O–H groups in total. The molecule has 5 nitrogen and oxygen atoms in total. The maximum absolute atomic E-state index is 9.79. The standard InChI is InChI=1S/C4H11N.C3H8O3S.H3N/c1-3-5-4-2;1-2-3-7(4,5)6;/h5H,3-4H2,1-2H3;2-3H2,1H3,(H,4,5,6);1H3. The Morgan fingerprint density at radius 1 is 1.15 bits per heavy atom. The van der Waals surface area contributed by atoms with Gasteiger partial charge in [-0.1, -0.05) is 20.8 Å². The number of hydrogen-bond donors (Lipinski definition) is 3. The summed E-state index contributed by atoms with van der Waals surface area (Å²) in [5.74, 6) is -0.132. The molecule has 0 saturated heterocycles. The minimum atomic E-state index is -3.67. The molecule has 0 heterocycles. The van der Waals surface area contributed by atoms with E-state index in [-0.39, 0.29) is 11.9 Å². The van der Waals surface area contributed by atoms with Crippen molar-refractivity contribution in [3.05, 3.63) is 0 Å². The second-order valence-electron chi connectivity index (χ2n) is 2.24. The zero-order chi connectivity index (χ0) is 10.0. The molecule has 0 fully saturated rings. The Hall–Kier alpha value is -0.170. The molecule has 13 heavy (non-hydrogen) atoms. The van der Waals surface area contributed by atoms with Gasteiger partial charge in [-0.05, 0) is 19.5 Å². The first-order valence-electron chi connectivity index (χ1n) is 4.13. The Balaban J connectivity index is -0.000000150. The van der Waals surface area contributed by atoms with Crippen LogP contribution in [0.25, 0.3) is 0 Å². The summed E-state index contributed by atoms with van der Waals surface area (Å²) in [4.78, 5) is 0. The van der Waals surface area contributed by atoms with Crippen LogP contribution in [-0.4, -0.2) is 31.8 Å². The van der Waals surface area contributed by atoms with Crippen molar-refractivity contribution in [2.24, 2.45) is 0 Å². The van der Waals surface area contributed by atoms with Crippen LogP contribution < -0.4 is 11.5 Å². The van der Waals surface area contributed by atoms with Gasteiger partial charge >= 0.3 is 0 Å². The van der Waals surface area contributed by atoms with Crippen molar-refractivity contribution in [1.82, 2.24) is 11.5 Å². The van der Waals surface area contributed by atoms with E-state index in [0.717, 1.165) is 13.1 Å². The topological polar surface area (TPSA) is 101 Å². The summed E-state index contributed by atoms with van der Waals surface area (Å²) >= 11 is 0. The zero-order valence-corrected chi connectivity index (χ0v) is 9.52. The molecule has 0 unspecified atom stereocenters. The van der Waals surface area contributed by atoms with Crippen LogP contribution in [0.5, 0.6) is 0 Å². The first-order chi connectivity index (χ1) is 5.47. The predicted octanol–water partition coefficient (Wildman–Crippen LogP) is 1.06. The maximum atomic E-state index is 9.79. The molecule has 0 atom stereocenters. The maximum Gasteiger partial charge on any atom is 0.264 e. The average Bonchev–Trinajstić information content (AvgIpc) is 1.87. The first kappa shape index (κ1) is 18.6. The van der Waals surface area contributed by atoms with E-state index in [4.69, 9.17) is 4.55 Å². The summed E-state index contributed by atoms with van der Waals surface area (Å²) in [6.07, 6.45) is 0.471. The molecule has 0 saturated carbocycles. The Morgan fingerprint density at radius 2 is 1.54 bits per heavy atom. The summed E-state index contributed by atoms with van der Waals surface area (Å²) < 4.78 is 27.6. The largest absolute Gasteiger partial charge is 0.344 e. The monoisotopic (exact) mass is 214 g/mol. The summed E-state index contributed by atoms with van der Waals surface area (Å²) in [5, 5.41) is 3.11. The van der Waals surface area contributed by atoms with Crippen molar-refractivity contribution in [2.45, 2.75) is 27.2 Å². The molecule has 0 amide bonds. The van der Waals surface area contributed by atoms with Crippen LogP contribution >= 0.6 is 0 Å². The van der Waals surface area contributed by atoms with Crippen molar-refractivity contribution >= 4 is 10.1 Å². The number of hydrogen-bond acceptors (Lipinski definition) is 4. The molecule has 0 aliphatic rings. The summed E-state index contributed by atoms with van der Waals surface area (Å²) in [5.41, 5.74) is 0. The van der Waals surface area contributed by atoms with Crippen molar-refractivity contribution < 1.29 is 13.0 Å². The molecule has 0 rings (SSSR count). The lowest BCUT2D eigenvalue weighted by molar-refractivity contribution is 0.482. The van der Waals surface area contributed by atoms with E-state index in [9.17, 15) is 8.42 Å². The lowest BCUT2D eigenvalue weighted by atomic mass is 10.6. The average molecular weight is 214 g/mol. The first-order valence-corrected chi connectivity index (χ1v) is 5.74. The smallest absolute Gasteiger partial charge is 0.264 e. The van der Waals surface area contributed by atoms with Gasteiger partial charge in [-0.25, -0.2) is 0 Å². The molecule has 0 radical (unpaired) electrons. The van der Waals surface area contributed by atoms with E-state index in [0.29, 0.717) is 6.42 Å². The molecule has 6 heteroatoms. The summed E-state index contributed by atoms with van der Waals surface area (Å²) in [6, 6.07) is 0. The van der Waals surface area contributed by atoms with E-state index in [1.165, 1.54) is 0 Å². The fourth-order valence-corrected chi connectivity index (χ4v) is 1.02. The lowest BCUT2D eigenvalue weighted by Crippen LogP contribution is -2.09. The van der Waals surface area contributed by atoms with Gasteiger partial charge in [0.15, 0.2) is 0 Å². The van der Waals surface area contributed by atoms with Gasteiger partial charge in [-0.3, -0.25) is 4.55 Å². The molecule has 0 aromatic carbocycles. The van der Waals surface area contributed by atoms with Gasteiger partial charge in [0.25, 0.3) is 10.1 Å². The molecular weight excluding hydrogens is 192 g/mol. The Morgan fingerprint density at radius 3 is 1.54 bits per heavy atom. The minimum Gasteiger partial charge on any atom is -0.344 e. The van der Waals surface area contributed by atoms with Gasteiger partial charge in [0.05, 0.1) is 5.75 Å². The highest BCUT2D eigenvalue weighted by atomic mass is 32.2. The minimum absolute atomic E-state index is 0. The van der Waals surface area contributed by atoms with Crippen LogP contribution in [0.2, 0.25) is 0 Å². The highest BCUT2D eigenvalue weighted by molar-refractivity contribution is 7.85. The van der Waals surface area contributed by atoms with Gasteiger partial charge in [-0.2, -0.15) is 8.42 Å². The van der Waals surface area contributed by atoms with Crippen LogP contribution in [0.3, 0.4) is 0 Å². The summed E-state index contributed by atoms with van der Waals surface area (Å²) in [7, 11) is -3.67. The highest BCUT2D eigenvalue weighted by Gasteiger charge is 1.98. The third-order valence-corrected chi connectivity index (χ3v) is 1.89. The fraction of sp³-hybridized carbons (Fsp3) is 1.00. The Bertz CT molecular complexity index is 167. The Labute approximate surface area is 81.2 Å². The molecule has 0 aliphatic carbocycles. The van der Waals surface area contributed by atoms with Crippen molar-refractivity contribution in [2.75, 3.05) is 18.8 Å². The molecule has 0 aromatic heterocycles. The van der Waals surface area contributed by atoms with Crippen LogP contribution in [0.15, 0.2) is 0 Å². The van der Waals surface area contributed by atoms with Crippen LogP contribution in [0.4, 0.5) is 0 Å². The summed E-state index contributed by atoms with van der Waals surface area (Å²) in [6.45, 7) is 8.08. The third-order valence-electron chi connectivity index (χ3n) is 0.962. The van der Waals surface area contributed by atoms with Crippen molar-refractivity contribution in [1.29, 1.82) is 0 Å². The van der Waals surface area contributed by atoms with Crippen molar-refractivity contribution in [3.63, 3.8) is 0 Å². The van der Waals surface area contributed by atoms with Crippen LogP contribution in [0.1, 0.15) is 27.2 Å². The molecular formula is C7H22N2O3S. The lowest BCUT2D eigenvalue weighted by Gasteiger charge is -1.86. The zero-order valence-electron chi connectivity index (χ0n) is 8.71. The van der Waals surface area contributed by atoms with Gasteiger partial charge in [-0.15, -0.1) is 0 Å². The van der Waals surface area contributed by atoms with Gasteiger partial charge in [0, 0.05) is 0 Å². The quantitative estimate of drug-likeness (QED) is 0.607. The molecule has 0 bridgehead atoms. The van der Waals surface area contributed by atoms with Gasteiger partial charge < -0.3 is 11.5 Å². The number of nitrogens with one attached hydrogen (secondary N) is 1. The van der Waals surface area contributed by atoms with Crippen molar-refractivity contribution in [3.8, 4) is 0 Å². The van der Waals surface area contributed by atoms with E-state index in [1.807, 2.05) is 0 Å². The third kappa shape index (κ3) is 33.6. The van der Waals surface area contributed by atoms with Gasteiger partial charge in [0.2, 0.25) is 0 Å². The molecule has 84 valence electrons.